The zero-order chi connectivity index (χ0) is 19.9. The first kappa shape index (κ1) is 20.6. The Morgan fingerprint density at radius 3 is 2.30 bits per heavy atom. The number of nitrogens with one attached hydrogen (secondary N) is 2. The van der Waals surface area contributed by atoms with Gasteiger partial charge in [-0.2, -0.15) is 5.26 Å². The standard InChI is InChI=1S/C20H23N3O3S/c1-3-19(16-7-5-15(2)6-8-16)23-20(24)17-9-11-18(12-10-17)27(25,26)22-14-4-13-21/h5-12,19,22H,3-4,14H2,1-2H3,(H,23,24)/t19-/m0/s1. The average Bonchev–Trinajstić information content (AvgIpc) is 2.67. The molecule has 6 nitrogen and oxygen atoms in total. The molecular formula is C20H23N3O3S. The van der Waals surface area contributed by atoms with Crippen molar-refractivity contribution < 1.29 is 13.2 Å². The molecule has 0 unspecified atom stereocenters. The first-order valence-electron chi connectivity index (χ1n) is 8.71. The highest BCUT2D eigenvalue weighted by Gasteiger charge is 2.17. The van der Waals surface area contributed by atoms with Gasteiger partial charge in [0, 0.05) is 18.5 Å². The van der Waals surface area contributed by atoms with Crippen molar-refractivity contribution in [2.75, 3.05) is 6.54 Å². The Morgan fingerprint density at radius 2 is 1.74 bits per heavy atom. The summed E-state index contributed by atoms with van der Waals surface area (Å²) in [6, 6.07) is 15.5. The predicted octanol–water partition coefficient (Wildman–Crippen LogP) is 3.07. The largest absolute Gasteiger partial charge is 0.345 e. The number of rotatable bonds is 8. The summed E-state index contributed by atoms with van der Waals surface area (Å²) in [7, 11) is -3.68. The summed E-state index contributed by atoms with van der Waals surface area (Å²) in [5, 5.41) is 11.5. The van der Waals surface area contributed by atoms with Crippen LogP contribution in [0.4, 0.5) is 0 Å². The number of carbonyl (C=O) groups excluding carboxylic acids is 1. The van der Waals surface area contributed by atoms with Crippen molar-refractivity contribution in [3.63, 3.8) is 0 Å². The summed E-state index contributed by atoms with van der Waals surface area (Å²) < 4.78 is 26.5. The smallest absolute Gasteiger partial charge is 0.251 e. The van der Waals surface area contributed by atoms with Crippen LogP contribution < -0.4 is 10.0 Å². The second kappa shape index (κ2) is 9.31. The van der Waals surface area contributed by atoms with Gasteiger partial charge in [0.25, 0.3) is 5.91 Å². The van der Waals surface area contributed by atoms with Crippen molar-refractivity contribution in [1.29, 1.82) is 5.26 Å². The lowest BCUT2D eigenvalue weighted by molar-refractivity contribution is 0.0935. The van der Waals surface area contributed by atoms with Crippen LogP contribution in [0.2, 0.25) is 0 Å². The van der Waals surface area contributed by atoms with Gasteiger partial charge >= 0.3 is 0 Å². The van der Waals surface area contributed by atoms with E-state index in [0.29, 0.717) is 5.56 Å². The lowest BCUT2D eigenvalue weighted by Crippen LogP contribution is -2.28. The van der Waals surface area contributed by atoms with Crippen LogP contribution in [-0.2, 0) is 10.0 Å². The van der Waals surface area contributed by atoms with Crippen LogP contribution in [0.1, 0.15) is 47.3 Å². The summed E-state index contributed by atoms with van der Waals surface area (Å²) >= 11 is 0. The molecule has 142 valence electrons. The van der Waals surface area contributed by atoms with Gasteiger partial charge in [-0.25, -0.2) is 13.1 Å². The van der Waals surface area contributed by atoms with Crippen LogP contribution in [-0.4, -0.2) is 20.9 Å². The molecule has 0 spiro atoms. The van der Waals surface area contributed by atoms with E-state index < -0.39 is 10.0 Å². The van der Waals surface area contributed by atoms with E-state index in [1.807, 2.05) is 44.2 Å². The Bertz CT molecular complexity index is 914. The summed E-state index contributed by atoms with van der Waals surface area (Å²) in [6.07, 6.45) is 0.835. The van der Waals surface area contributed by atoms with E-state index in [1.165, 1.54) is 24.3 Å². The fourth-order valence-electron chi connectivity index (χ4n) is 2.57. The first-order chi connectivity index (χ1) is 12.9. The molecule has 2 aromatic carbocycles. The highest BCUT2D eigenvalue weighted by Crippen LogP contribution is 2.18. The van der Waals surface area contributed by atoms with Crippen molar-refractivity contribution in [1.82, 2.24) is 10.0 Å². The number of carbonyl (C=O) groups is 1. The van der Waals surface area contributed by atoms with Crippen LogP contribution in [0.5, 0.6) is 0 Å². The lowest BCUT2D eigenvalue weighted by atomic mass is 10.0. The number of hydrogen-bond acceptors (Lipinski definition) is 4. The van der Waals surface area contributed by atoms with Crippen LogP contribution in [0.25, 0.3) is 0 Å². The van der Waals surface area contributed by atoms with Crippen LogP contribution >= 0.6 is 0 Å². The van der Waals surface area contributed by atoms with Gasteiger partial charge in [0.2, 0.25) is 10.0 Å². The third-order valence-corrected chi connectivity index (χ3v) is 5.63. The molecule has 0 aliphatic rings. The molecule has 0 saturated heterocycles. The van der Waals surface area contributed by atoms with Crippen molar-refractivity contribution in [3.05, 3.63) is 65.2 Å². The Labute approximate surface area is 160 Å². The fourth-order valence-corrected chi connectivity index (χ4v) is 3.60. The van der Waals surface area contributed by atoms with Crippen molar-refractivity contribution in [3.8, 4) is 6.07 Å². The molecule has 27 heavy (non-hydrogen) atoms. The van der Waals surface area contributed by atoms with Crippen LogP contribution in [0.3, 0.4) is 0 Å². The maximum atomic E-state index is 12.5. The minimum Gasteiger partial charge on any atom is -0.345 e. The SMILES string of the molecule is CC[C@H](NC(=O)c1ccc(S(=O)(=O)NCCC#N)cc1)c1ccc(C)cc1. The van der Waals surface area contributed by atoms with Gasteiger partial charge in [-0.15, -0.1) is 0 Å². The highest BCUT2D eigenvalue weighted by molar-refractivity contribution is 7.89. The second-order valence-corrected chi connectivity index (χ2v) is 7.94. The Balaban J connectivity index is 2.08. The molecule has 7 heteroatoms. The van der Waals surface area contributed by atoms with Gasteiger partial charge in [0.1, 0.15) is 0 Å². The number of nitriles is 1. The molecule has 0 fully saturated rings. The third kappa shape index (κ3) is 5.64. The maximum absolute atomic E-state index is 12.5. The fraction of sp³-hybridized carbons (Fsp3) is 0.300. The average molecular weight is 385 g/mol. The van der Waals surface area contributed by atoms with Crippen molar-refractivity contribution >= 4 is 15.9 Å². The van der Waals surface area contributed by atoms with E-state index in [-0.39, 0.29) is 29.8 Å². The van der Waals surface area contributed by atoms with Crippen LogP contribution in [0, 0.1) is 18.3 Å². The summed E-state index contributed by atoms with van der Waals surface area (Å²) in [5.74, 6) is -0.260. The van der Waals surface area contributed by atoms with Crippen molar-refractivity contribution in [2.24, 2.45) is 0 Å². The van der Waals surface area contributed by atoms with Gasteiger partial charge in [0.15, 0.2) is 0 Å². The van der Waals surface area contributed by atoms with E-state index in [2.05, 4.69) is 10.0 Å². The maximum Gasteiger partial charge on any atom is 0.251 e. The zero-order valence-electron chi connectivity index (χ0n) is 15.4. The Kier molecular flexibility index (Phi) is 7.11. The number of sulfonamides is 1. The van der Waals surface area contributed by atoms with E-state index in [4.69, 9.17) is 5.26 Å². The molecule has 0 aliphatic heterocycles. The molecule has 0 heterocycles. The molecule has 2 N–H and O–H groups in total. The Hall–Kier alpha value is -2.69. The van der Waals surface area contributed by atoms with Gasteiger partial charge in [-0.05, 0) is 43.2 Å². The monoisotopic (exact) mass is 385 g/mol. The third-order valence-electron chi connectivity index (χ3n) is 4.15. The van der Waals surface area contributed by atoms with Crippen molar-refractivity contribution in [2.45, 2.75) is 37.6 Å². The summed E-state index contributed by atoms with van der Waals surface area (Å²) in [4.78, 5) is 12.6. The highest BCUT2D eigenvalue weighted by atomic mass is 32.2. The van der Waals surface area contributed by atoms with E-state index in [9.17, 15) is 13.2 Å². The van der Waals surface area contributed by atoms with Gasteiger partial charge in [0.05, 0.1) is 17.0 Å². The molecule has 0 aromatic heterocycles. The number of nitrogens with zero attached hydrogens (tertiary/aromatic N) is 1. The molecule has 0 aliphatic carbocycles. The number of hydrogen-bond donors (Lipinski definition) is 2. The van der Waals surface area contributed by atoms with Crippen LogP contribution in [0.15, 0.2) is 53.4 Å². The molecule has 2 rings (SSSR count). The molecule has 1 atom stereocenters. The van der Waals surface area contributed by atoms with E-state index >= 15 is 0 Å². The molecule has 0 radical (unpaired) electrons. The number of benzene rings is 2. The normalized spacial score (nSPS) is 12.2. The minimum absolute atomic E-state index is 0.0514. The van der Waals surface area contributed by atoms with Gasteiger partial charge < -0.3 is 5.32 Å². The second-order valence-electron chi connectivity index (χ2n) is 6.18. The molecule has 1 amide bonds. The minimum atomic E-state index is -3.68. The van der Waals surface area contributed by atoms with Gasteiger partial charge in [-0.1, -0.05) is 36.8 Å². The zero-order valence-corrected chi connectivity index (χ0v) is 16.2. The number of aryl methyl sites for hydroxylation is 1. The molecular weight excluding hydrogens is 362 g/mol. The van der Waals surface area contributed by atoms with Gasteiger partial charge in [-0.3, -0.25) is 4.79 Å². The topological polar surface area (TPSA) is 99.1 Å². The molecule has 0 saturated carbocycles. The predicted molar refractivity (Wildman–Crippen MR) is 104 cm³/mol. The van der Waals surface area contributed by atoms with E-state index in [0.717, 1.165) is 17.5 Å². The lowest BCUT2D eigenvalue weighted by Gasteiger charge is -2.18. The Morgan fingerprint density at radius 1 is 1.11 bits per heavy atom. The summed E-state index contributed by atoms with van der Waals surface area (Å²) in [6.45, 7) is 4.05. The van der Waals surface area contributed by atoms with E-state index in [1.54, 1.807) is 0 Å². The molecule has 2 aromatic rings. The quantitative estimate of drug-likeness (QED) is 0.682. The summed E-state index contributed by atoms with van der Waals surface area (Å²) in [5.41, 5.74) is 2.56. The number of amides is 1. The molecule has 0 bridgehead atoms. The first-order valence-corrected chi connectivity index (χ1v) is 10.2.